The standard InChI is InChI=1S/C9H8BrFO2/c1-6(12)13-9-4-8(11)3-2-7(9)5-10/h2-4H,5H2,1H3. The van der Waals surface area contributed by atoms with Crippen molar-refractivity contribution < 1.29 is 13.9 Å². The highest BCUT2D eigenvalue weighted by Crippen LogP contribution is 2.22. The first-order valence-corrected chi connectivity index (χ1v) is 4.78. The van der Waals surface area contributed by atoms with E-state index in [1.165, 1.54) is 19.1 Å². The molecule has 0 fully saturated rings. The van der Waals surface area contributed by atoms with E-state index in [4.69, 9.17) is 4.74 Å². The number of halogens is 2. The number of esters is 1. The summed E-state index contributed by atoms with van der Waals surface area (Å²) in [6.07, 6.45) is 0. The summed E-state index contributed by atoms with van der Waals surface area (Å²) in [5, 5.41) is 0.524. The number of ether oxygens (including phenoxy) is 1. The molecule has 0 radical (unpaired) electrons. The van der Waals surface area contributed by atoms with E-state index in [1.54, 1.807) is 6.07 Å². The SMILES string of the molecule is CC(=O)Oc1cc(F)ccc1CBr. The fraction of sp³-hybridized carbons (Fsp3) is 0.222. The lowest BCUT2D eigenvalue weighted by Crippen LogP contribution is -2.03. The van der Waals surface area contributed by atoms with Crippen molar-refractivity contribution >= 4 is 21.9 Å². The molecular weight excluding hydrogens is 239 g/mol. The van der Waals surface area contributed by atoms with Gasteiger partial charge in [0.05, 0.1) is 0 Å². The van der Waals surface area contributed by atoms with Gasteiger partial charge in [-0.05, 0) is 6.07 Å². The molecule has 0 aliphatic rings. The second-order valence-corrected chi connectivity index (χ2v) is 3.04. The Bertz CT molecular complexity index is 325. The maximum atomic E-state index is 12.7. The van der Waals surface area contributed by atoms with Crippen molar-refractivity contribution in [3.63, 3.8) is 0 Å². The summed E-state index contributed by atoms with van der Waals surface area (Å²) in [6.45, 7) is 1.28. The van der Waals surface area contributed by atoms with Gasteiger partial charge in [-0.2, -0.15) is 0 Å². The molecule has 1 aromatic rings. The van der Waals surface area contributed by atoms with Crippen LogP contribution in [0.2, 0.25) is 0 Å². The number of benzene rings is 1. The maximum absolute atomic E-state index is 12.7. The summed E-state index contributed by atoms with van der Waals surface area (Å²) < 4.78 is 17.5. The van der Waals surface area contributed by atoms with Crippen LogP contribution in [0, 0.1) is 5.82 Å². The topological polar surface area (TPSA) is 26.3 Å². The van der Waals surface area contributed by atoms with Gasteiger partial charge in [0.25, 0.3) is 0 Å². The van der Waals surface area contributed by atoms with E-state index in [0.29, 0.717) is 5.33 Å². The van der Waals surface area contributed by atoms with Gasteiger partial charge in [0.2, 0.25) is 0 Å². The fourth-order valence-electron chi connectivity index (χ4n) is 0.889. The third-order valence-electron chi connectivity index (χ3n) is 1.43. The Balaban J connectivity index is 3.01. The molecule has 0 bridgehead atoms. The van der Waals surface area contributed by atoms with Gasteiger partial charge in [0.15, 0.2) is 0 Å². The largest absolute Gasteiger partial charge is 0.426 e. The molecule has 0 amide bonds. The molecule has 70 valence electrons. The summed E-state index contributed by atoms with van der Waals surface area (Å²) in [6, 6.07) is 4.09. The molecule has 0 unspecified atom stereocenters. The molecule has 1 aromatic carbocycles. The van der Waals surface area contributed by atoms with Gasteiger partial charge in [-0.1, -0.05) is 22.0 Å². The average molecular weight is 247 g/mol. The van der Waals surface area contributed by atoms with Crippen LogP contribution in [-0.4, -0.2) is 5.97 Å². The summed E-state index contributed by atoms with van der Waals surface area (Å²) in [5.74, 6) is -0.599. The Hall–Kier alpha value is -0.900. The molecule has 1 rings (SSSR count). The number of carbonyl (C=O) groups is 1. The molecule has 0 saturated heterocycles. The molecule has 0 aromatic heterocycles. The fourth-order valence-corrected chi connectivity index (χ4v) is 1.35. The summed E-state index contributed by atoms with van der Waals surface area (Å²) in [5.41, 5.74) is 0.747. The van der Waals surface area contributed by atoms with Gasteiger partial charge >= 0.3 is 5.97 Å². The molecule has 0 aliphatic carbocycles. The van der Waals surface area contributed by atoms with E-state index in [1.807, 2.05) is 0 Å². The third kappa shape index (κ3) is 2.81. The van der Waals surface area contributed by atoms with Crippen molar-refractivity contribution in [3.8, 4) is 5.75 Å². The van der Waals surface area contributed by atoms with Crippen LogP contribution in [0.25, 0.3) is 0 Å². The van der Waals surface area contributed by atoms with Crippen LogP contribution in [0.1, 0.15) is 12.5 Å². The molecule has 0 atom stereocenters. The average Bonchev–Trinajstić information content (AvgIpc) is 2.03. The highest BCUT2D eigenvalue weighted by atomic mass is 79.9. The third-order valence-corrected chi connectivity index (χ3v) is 2.03. The summed E-state index contributed by atoms with van der Waals surface area (Å²) in [4.78, 5) is 10.6. The lowest BCUT2D eigenvalue weighted by Gasteiger charge is -2.05. The van der Waals surface area contributed by atoms with E-state index in [2.05, 4.69) is 15.9 Å². The first-order valence-electron chi connectivity index (χ1n) is 3.66. The molecule has 0 aliphatic heterocycles. The van der Waals surface area contributed by atoms with Gasteiger partial charge < -0.3 is 4.74 Å². The van der Waals surface area contributed by atoms with Crippen LogP contribution in [0.15, 0.2) is 18.2 Å². The number of rotatable bonds is 2. The van der Waals surface area contributed by atoms with E-state index < -0.39 is 11.8 Å². The molecule has 0 heterocycles. The van der Waals surface area contributed by atoms with Crippen molar-refractivity contribution in [1.29, 1.82) is 0 Å². The zero-order chi connectivity index (χ0) is 9.84. The molecule has 13 heavy (non-hydrogen) atoms. The molecule has 4 heteroatoms. The predicted molar refractivity (Wildman–Crippen MR) is 50.3 cm³/mol. The minimum atomic E-state index is -0.451. The molecule has 0 saturated carbocycles. The Morgan fingerprint density at radius 3 is 2.85 bits per heavy atom. The minimum absolute atomic E-state index is 0.268. The Morgan fingerprint density at radius 1 is 1.62 bits per heavy atom. The van der Waals surface area contributed by atoms with Crippen LogP contribution in [0.4, 0.5) is 4.39 Å². The predicted octanol–water partition coefficient (Wildman–Crippen LogP) is 2.65. The smallest absolute Gasteiger partial charge is 0.308 e. The monoisotopic (exact) mass is 246 g/mol. The van der Waals surface area contributed by atoms with Gasteiger partial charge in [-0.3, -0.25) is 4.79 Å². The van der Waals surface area contributed by atoms with Crippen LogP contribution in [-0.2, 0) is 10.1 Å². The lowest BCUT2D eigenvalue weighted by molar-refractivity contribution is -0.131. The van der Waals surface area contributed by atoms with E-state index in [9.17, 15) is 9.18 Å². The Kier molecular flexibility index (Phi) is 3.42. The van der Waals surface area contributed by atoms with Crippen LogP contribution < -0.4 is 4.74 Å². The van der Waals surface area contributed by atoms with Crippen molar-refractivity contribution in [2.24, 2.45) is 0 Å². The van der Waals surface area contributed by atoms with Crippen molar-refractivity contribution in [2.75, 3.05) is 0 Å². The normalized spacial score (nSPS) is 9.77. The van der Waals surface area contributed by atoms with Crippen molar-refractivity contribution in [1.82, 2.24) is 0 Å². The van der Waals surface area contributed by atoms with E-state index in [0.717, 1.165) is 5.56 Å². The lowest BCUT2D eigenvalue weighted by atomic mass is 10.2. The Morgan fingerprint density at radius 2 is 2.31 bits per heavy atom. The van der Waals surface area contributed by atoms with Crippen LogP contribution >= 0.6 is 15.9 Å². The zero-order valence-electron chi connectivity index (χ0n) is 7.01. The van der Waals surface area contributed by atoms with Crippen molar-refractivity contribution in [2.45, 2.75) is 12.3 Å². The quantitative estimate of drug-likeness (QED) is 0.456. The first kappa shape index (κ1) is 10.2. The molecule has 0 spiro atoms. The first-order chi connectivity index (χ1) is 6.13. The zero-order valence-corrected chi connectivity index (χ0v) is 8.60. The number of hydrogen-bond donors (Lipinski definition) is 0. The molecular formula is C9H8BrFO2. The highest BCUT2D eigenvalue weighted by Gasteiger charge is 2.06. The summed E-state index contributed by atoms with van der Waals surface area (Å²) in [7, 11) is 0. The minimum Gasteiger partial charge on any atom is -0.426 e. The van der Waals surface area contributed by atoms with Crippen LogP contribution in [0.5, 0.6) is 5.75 Å². The van der Waals surface area contributed by atoms with Gasteiger partial charge in [-0.15, -0.1) is 0 Å². The number of hydrogen-bond acceptors (Lipinski definition) is 2. The van der Waals surface area contributed by atoms with E-state index in [-0.39, 0.29) is 5.75 Å². The van der Waals surface area contributed by atoms with Gasteiger partial charge in [0, 0.05) is 23.9 Å². The number of alkyl halides is 1. The highest BCUT2D eigenvalue weighted by molar-refractivity contribution is 9.08. The van der Waals surface area contributed by atoms with Crippen LogP contribution in [0.3, 0.4) is 0 Å². The van der Waals surface area contributed by atoms with Gasteiger partial charge in [0.1, 0.15) is 11.6 Å². The van der Waals surface area contributed by atoms with E-state index >= 15 is 0 Å². The number of carbonyl (C=O) groups excluding carboxylic acids is 1. The summed E-state index contributed by atoms with van der Waals surface area (Å²) >= 11 is 3.21. The second-order valence-electron chi connectivity index (χ2n) is 2.48. The Labute approximate surface area is 83.8 Å². The second kappa shape index (κ2) is 4.37. The molecule has 2 nitrogen and oxygen atoms in total. The van der Waals surface area contributed by atoms with Crippen molar-refractivity contribution in [3.05, 3.63) is 29.6 Å². The maximum Gasteiger partial charge on any atom is 0.308 e. The van der Waals surface area contributed by atoms with Gasteiger partial charge in [-0.25, -0.2) is 4.39 Å². The molecule has 0 N–H and O–H groups in total.